The number of hydroxylamine groups is 1. The standard InChI is InChI=1S/C50H57N7O10S/c1-57(34-35-19-21-38(22-20-35)36-11-4-2-5-12-36)44(49(62)55-65)28-32-52-46(59)18-10-30-54-48(61)41-16-8-15-40(33-41)47(60)53-29-9-17-45(58)51-31-27-43(50(63)64)56-68(66,67)42-25-23-39(24-26-42)37-13-6-3-7-14-37/h2-8,11-16,19-26,33,43-44,56,65H,9-10,17-18,27-32,34H2,1H3,(H,51,58)(H,52,59)(H,53,60)(H,54,61)(H,55,62)(H,63,64). The van der Waals surface area contributed by atoms with Gasteiger partial charge in [-0.25, -0.2) is 13.9 Å². The van der Waals surface area contributed by atoms with Crippen molar-refractivity contribution in [1.29, 1.82) is 0 Å². The molecule has 0 spiro atoms. The van der Waals surface area contributed by atoms with Crippen LogP contribution in [0.3, 0.4) is 0 Å². The monoisotopic (exact) mass is 947 g/mol. The predicted molar refractivity (Wildman–Crippen MR) is 256 cm³/mol. The van der Waals surface area contributed by atoms with E-state index in [9.17, 15) is 47.5 Å². The highest BCUT2D eigenvalue weighted by atomic mass is 32.2. The quantitative estimate of drug-likeness (QED) is 0.0218. The van der Waals surface area contributed by atoms with Gasteiger partial charge in [-0.3, -0.25) is 38.9 Å². The molecule has 0 fully saturated rings. The summed E-state index contributed by atoms with van der Waals surface area (Å²) in [6.45, 7) is 0.810. The second kappa shape index (κ2) is 26.2. The van der Waals surface area contributed by atoms with Crippen molar-refractivity contribution >= 4 is 45.5 Å². The molecule has 5 aromatic rings. The molecular weight excluding hydrogens is 891 g/mol. The normalized spacial score (nSPS) is 12.0. The Balaban J connectivity index is 0.946. The summed E-state index contributed by atoms with van der Waals surface area (Å²) in [5.74, 6) is -3.59. The highest BCUT2D eigenvalue weighted by Gasteiger charge is 2.26. The van der Waals surface area contributed by atoms with Gasteiger partial charge in [0.05, 0.1) is 10.9 Å². The van der Waals surface area contributed by atoms with Crippen LogP contribution >= 0.6 is 0 Å². The molecule has 8 N–H and O–H groups in total. The summed E-state index contributed by atoms with van der Waals surface area (Å²) in [4.78, 5) is 76.8. The second-order valence-corrected chi connectivity index (χ2v) is 17.7. The van der Waals surface area contributed by atoms with E-state index in [1.165, 1.54) is 24.3 Å². The van der Waals surface area contributed by atoms with Crippen LogP contribution in [0.15, 0.2) is 138 Å². The molecule has 0 radical (unpaired) electrons. The molecule has 68 heavy (non-hydrogen) atoms. The van der Waals surface area contributed by atoms with Crippen LogP contribution in [-0.2, 0) is 35.7 Å². The van der Waals surface area contributed by atoms with Gasteiger partial charge in [-0.1, -0.05) is 103 Å². The first-order chi connectivity index (χ1) is 32.7. The van der Waals surface area contributed by atoms with Crippen LogP contribution in [0.5, 0.6) is 0 Å². The average Bonchev–Trinajstić information content (AvgIpc) is 3.35. The van der Waals surface area contributed by atoms with Crippen LogP contribution < -0.4 is 31.5 Å². The number of hydrogen-bond acceptors (Lipinski definition) is 10. The molecule has 2 atom stereocenters. The van der Waals surface area contributed by atoms with Gasteiger partial charge in [-0.15, -0.1) is 0 Å². The minimum absolute atomic E-state index is 0.00224. The Morgan fingerprint density at radius 3 is 1.53 bits per heavy atom. The summed E-state index contributed by atoms with van der Waals surface area (Å²) < 4.78 is 28.1. The lowest BCUT2D eigenvalue weighted by Gasteiger charge is -2.26. The maximum absolute atomic E-state index is 12.9. The van der Waals surface area contributed by atoms with E-state index in [1.807, 2.05) is 84.9 Å². The number of carbonyl (C=O) groups is 6. The summed E-state index contributed by atoms with van der Waals surface area (Å²) in [5, 5.41) is 29.8. The maximum atomic E-state index is 12.9. The number of benzene rings is 5. The fourth-order valence-electron chi connectivity index (χ4n) is 7.19. The molecule has 2 unspecified atom stereocenters. The van der Waals surface area contributed by atoms with Gasteiger partial charge >= 0.3 is 5.97 Å². The average molecular weight is 948 g/mol. The van der Waals surface area contributed by atoms with E-state index in [1.54, 1.807) is 41.7 Å². The lowest BCUT2D eigenvalue weighted by Crippen LogP contribution is -2.45. The Kier molecular flexibility index (Phi) is 19.9. The maximum Gasteiger partial charge on any atom is 0.321 e. The number of aliphatic carboxylic acids is 1. The molecule has 0 aliphatic carbocycles. The Hall–Kier alpha value is -7.25. The SMILES string of the molecule is CN(Cc1ccc(-c2ccccc2)cc1)C(CCNC(=O)CCCNC(=O)c1cccc(C(=O)NCCCC(=O)NCCC(NS(=O)(=O)c2ccc(-c3ccccc3)cc2)C(=O)O)c1)C(=O)NO. The summed E-state index contributed by atoms with van der Waals surface area (Å²) in [5.41, 5.74) is 6.99. The fourth-order valence-corrected chi connectivity index (χ4v) is 8.42. The summed E-state index contributed by atoms with van der Waals surface area (Å²) in [6.07, 6.45) is 0.722. The van der Waals surface area contributed by atoms with E-state index < -0.39 is 51.7 Å². The third-order valence-electron chi connectivity index (χ3n) is 10.9. The van der Waals surface area contributed by atoms with Crippen LogP contribution in [0.2, 0.25) is 0 Å². The molecule has 0 aromatic heterocycles. The van der Waals surface area contributed by atoms with E-state index in [-0.39, 0.29) is 80.2 Å². The first-order valence-corrected chi connectivity index (χ1v) is 23.6. The van der Waals surface area contributed by atoms with Crippen molar-refractivity contribution in [3.05, 3.63) is 150 Å². The molecule has 0 saturated heterocycles. The van der Waals surface area contributed by atoms with E-state index in [4.69, 9.17) is 0 Å². The van der Waals surface area contributed by atoms with Gasteiger partial charge in [0.25, 0.3) is 17.7 Å². The van der Waals surface area contributed by atoms with Crippen LogP contribution in [0.4, 0.5) is 0 Å². The first-order valence-electron chi connectivity index (χ1n) is 22.1. The number of amides is 5. The predicted octanol–water partition coefficient (Wildman–Crippen LogP) is 4.49. The first kappa shape index (κ1) is 51.7. The van der Waals surface area contributed by atoms with Gasteiger partial charge in [0, 0.05) is 56.7 Å². The second-order valence-electron chi connectivity index (χ2n) is 15.9. The largest absolute Gasteiger partial charge is 0.480 e. The van der Waals surface area contributed by atoms with Gasteiger partial charge in [-0.05, 0) is 90.9 Å². The molecule has 0 bridgehead atoms. The zero-order valence-electron chi connectivity index (χ0n) is 37.7. The van der Waals surface area contributed by atoms with E-state index >= 15 is 0 Å². The third-order valence-corrected chi connectivity index (χ3v) is 12.4. The van der Waals surface area contributed by atoms with Crippen LogP contribution in [0.1, 0.15) is 64.8 Å². The smallest absolute Gasteiger partial charge is 0.321 e. The lowest BCUT2D eigenvalue weighted by molar-refractivity contribution is -0.139. The molecule has 0 saturated carbocycles. The number of nitrogens with one attached hydrogen (secondary N) is 6. The molecule has 5 aromatic carbocycles. The molecule has 17 nitrogen and oxygen atoms in total. The molecule has 0 heterocycles. The Morgan fingerprint density at radius 1 is 0.574 bits per heavy atom. The summed E-state index contributed by atoms with van der Waals surface area (Å²) in [7, 11) is -2.41. The van der Waals surface area contributed by atoms with Crippen molar-refractivity contribution in [3.63, 3.8) is 0 Å². The topological polar surface area (TPSA) is 252 Å². The summed E-state index contributed by atoms with van der Waals surface area (Å²) >= 11 is 0. The Bertz CT molecular complexity index is 2580. The molecule has 0 aliphatic rings. The molecule has 5 rings (SSSR count). The number of carboxylic acid groups (broad SMARTS) is 1. The number of hydrogen-bond donors (Lipinski definition) is 8. The highest BCUT2D eigenvalue weighted by molar-refractivity contribution is 7.89. The van der Waals surface area contributed by atoms with Crippen molar-refractivity contribution in [2.24, 2.45) is 0 Å². The van der Waals surface area contributed by atoms with Gasteiger partial charge in [0.15, 0.2) is 0 Å². The van der Waals surface area contributed by atoms with Crippen LogP contribution in [0.25, 0.3) is 22.3 Å². The number of rotatable bonds is 26. The summed E-state index contributed by atoms with van der Waals surface area (Å²) in [6, 6.07) is 37.2. The number of likely N-dealkylation sites (N-methyl/N-ethyl adjacent to an activating group) is 1. The minimum Gasteiger partial charge on any atom is -0.480 e. The minimum atomic E-state index is -4.17. The van der Waals surface area contributed by atoms with Crippen molar-refractivity contribution in [2.45, 2.75) is 62.0 Å². The van der Waals surface area contributed by atoms with Crippen LogP contribution in [0, 0.1) is 0 Å². The fraction of sp³-hybridized carbons (Fsp3) is 0.280. The lowest BCUT2D eigenvalue weighted by atomic mass is 10.0. The molecule has 18 heteroatoms. The van der Waals surface area contributed by atoms with Crippen molar-refractivity contribution in [1.82, 2.24) is 36.4 Å². The Labute approximate surface area is 395 Å². The number of sulfonamides is 1. The van der Waals surface area contributed by atoms with E-state index in [0.29, 0.717) is 13.0 Å². The highest BCUT2D eigenvalue weighted by Crippen LogP contribution is 2.22. The molecule has 358 valence electrons. The van der Waals surface area contributed by atoms with Crippen LogP contribution in [-0.4, -0.2) is 104 Å². The third kappa shape index (κ3) is 16.3. The number of nitrogens with zero attached hydrogens (tertiary/aromatic N) is 1. The van der Waals surface area contributed by atoms with E-state index in [0.717, 1.165) is 27.8 Å². The zero-order valence-corrected chi connectivity index (χ0v) is 38.5. The number of carbonyl (C=O) groups excluding carboxylic acids is 5. The Morgan fingerprint density at radius 2 is 1.04 bits per heavy atom. The van der Waals surface area contributed by atoms with Crippen molar-refractivity contribution < 1.29 is 47.5 Å². The number of carboxylic acids is 1. The van der Waals surface area contributed by atoms with Gasteiger partial charge < -0.3 is 26.4 Å². The molecule has 5 amide bonds. The zero-order chi connectivity index (χ0) is 48.9. The van der Waals surface area contributed by atoms with Gasteiger partial charge in [0.1, 0.15) is 6.04 Å². The molecule has 0 aliphatic heterocycles. The van der Waals surface area contributed by atoms with Crippen molar-refractivity contribution in [2.75, 3.05) is 33.2 Å². The van der Waals surface area contributed by atoms with Gasteiger partial charge in [-0.2, -0.15) is 4.72 Å². The van der Waals surface area contributed by atoms with E-state index in [2.05, 4.69) is 26.0 Å². The van der Waals surface area contributed by atoms with Crippen molar-refractivity contribution in [3.8, 4) is 22.3 Å². The molecular formula is C50H57N7O10S. The van der Waals surface area contributed by atoms with Gasteiger partial charge in [0.2, 0.25) is 21.8 Å².